The normalized spacial score (nSPS) is 17.5. The molecule has 0 spiro atoms. The van der Waals surface area contributed by atoms with Crippen molar-refractivity contribution in [1.29, 1.82) is 0 Å². The first kappa shape index (κ1) is 17.7. The van der Waals surface area contributed by atoms with E-state index in [1.807, 2.05) is 6.33 Å². The predicted molar refractivity (Wildman–Crippen MR) is 104 cm³/mol. The van der Waals surface area contributed by atoms with Crippen molar-refractivity contribution in [3.05, 3.63) is 30.1 Å². The molecule has 2 aromatic rings. The van der Waals surface area contributed by atoms with E-state index in [-0.39, 0.29) is 5.04 Å². The molecule has 3 nitrogen and oxygen atoms in total. The number of benzene rings is 1. The number of fused-ring (bicyclic) bond motifs is 1. The van der Waals surface area contributed by atoms with Gasteiger partial charge in [-0.05, 0) is 48.7 Å². The maximum Gasteiger partial charge on any atom is 0.192 e. The molecule has 4 heteroatoms. The SMILES string of the molecule is CC(C)(C)[Si](C)(C)OCc1ccc2c(c1)ncn2C1CCCCC1. The highest BCUT2D eigenvalue weighted by molar-refractivity contribution is 6.74. The fraction of sp³-hybridized carbons (Fsp3) is 0.650. The Morgan fingerprint density at radius 2 is 1.88 bits per heavy atom. The topological polar surface area (TPSA) is 27.1 Å². The lowest BCUT2D eigenvalue weighted by molar-refractivity contribution is 0.276. The van der Waals surface area contributed by atoms with Gasteiger partial charge in [0.05, 0.1) is 24.0 Å². The first-order chi connectivity index (χ1) is 11.3. The molecule has 0 unspecified atom stereocenters. The summed E-state index contributed by atoms with van der Waals surface area (Å²) in [4.78, 5) is 4.67. The third-order valence-corrected chi connectivity index (χ3v) is 10.5. The van der Waals surface area contributed by atoms with Crippen LogP contribution in [0.5, 0.6) is 0 Å². The molecule has 0 N–H and O–H groups in total. The van der Waals surface area contributed by atoms with Gasteiger partial charge < -0.3 is 8.99 Å². The summed E-state index contributed by atoms with van der Waals surface area (Å²) in [6.45, 7) is 12.2. The summed E-state index contributed by atoms with van der Waals surface area (Å²) in [7, 11) is -1.70. The van der Waals surface area contributed by atoms with Crippen molar-refractivity contribution < 1.29 is 4.43 Å². The van der Waals surface area contributed by atoms with E-state index in [4.69, 9.17) is 4.43 Å². The molecule has 0 aliphatic heterocycles. The second-order valence-corrected chi connectivity index (χ2v) is 13.6. The molecule has 1 fully saturated rings. The van der Waals surface area contributed by atoms with Crippen molar-refractivity contribution in [2.24, 2.45) is 0 Å². The van der Waals surface area contributed by atoms with Gasteiger partial charge in [-0.1, -0.05) is 46.1 Å². The first-order valence-electron chi connectivity index (χ1n) is 9.37. The largest absolute Gasteiger partial charge is 0.413 e. The second kappa shape index (κ2) is 6.64. The molecule has 0 bridgehead atoms. The van der Waals surface area contributed by atoms with Gasteiger partial charge in [0.1, 0.15) is 0 Å². The Labute approximate surface area is 147 Å². The van der Waals surface area contributed by atoms with Gasteiger partial charge in [0.2, 0.25) is 0 Å². The summed E-state index contributed by atoms with van der Waals surface area (Å²) in [6.07, 6.45) is 8.71. The van der Waals surface area contributed by atoms with Gasteiger partial charge in [-0.15, -0.1) is 0 Å². The lowest BCUT2D eigenvalue weighted by atomic mass is 9.95. The van der Waals surface area contributed by atoms with Crippen LogP contribution in [0.25, 0.3) is 11.0 Å². The third kappa shape index (κ3) is 3.59. The summed E-state index contributed by atoms with van der Waals surface area (Å²) in [5.74, 6) is 0. The standard InChI is InChI=1S/C20H32N2OSi/c1-20(2,3)24(4,5)23-14-16-11-12-19-18(13-16)21-15-22(19)17-9-7-6-8-10-17/h11-13,15,17H,6-10,14H2,1-5H3. The van der Waals surface area contributed by atoms with Crippen molar-refractivity contribution in [3.63, 3.8) is 0 Å². The zero-order valence-corrected chi connectivity index (χ0v) is 16.9. The number of hydrogen-bond donors (Lipinski definition) is 0. The molecule has 1 aliphatic rings. The molecule has 0 saturated heterocycles. The van der Waals surface area contributed by atoms with Gasteiger partial charge in [0, 0.05) is 6.04 Å². The van der Waals surface area contributed by atoms with E-state index in [0.29, 0.717) is 12.6 Å². The van der Waals surface area contributed by atoms with E-state index in [0.717, 1.165) is 5.52 Å². The molecular weight excluding hydrogens is 312 g/mol. The molecular formula is C20H32N2OSi. The highest BCUT2D eigenvalue weighted by Crippen LogP contribution is 2.37. The van der Waals surface area contributed by atoms with Crippen LogP contribution in [0.4, 0.5) is 0 Å². The lowest BCUT2D eigenvalue weighted by Crippen LogP contribution is -2.40. The van der Waals surface area contributed by atoms with Crippen LogP contribution in [0.2, 0.25) is 18.1 Å². The molecule has 1 heterocycles. The molecule has 1 aromatic carbocycles. The quantitative estimate of drug-likeness (QED) is 0.630. The van der Waals surface area contributed by atoms with Gasteiger partial charge in [-0.2, -0.15) is 0 Å². The van der Waals surface area contributed by atoms with Crippen LogP contribution in [0.3, 0.4) is 0 Å². The van der Waals surface area contributed by atoms with Crippen molar-refractivity contribution in [1.82, 2.24) is 9.55 Å². The van der Waals surface area contributed by atoms with Gasteiger partial charge in [-0.25, -0.2) is 4.98 Å². The van der Waals surface area contributed by atoms with E-state index in [1.165, 1.54) is 43.2 Å². The maximum absolute atomic E-state index is 6.36. The average Bonchev–Trinajstić information content (AvgIpc) is 2.96. The first-order valence-corrected chi connectivity index (χ1v) is 12.3. The molecule has 132 valence electrons. The summed E-state index contributed by atoms with van der Waals surface area (Å²) < 4.78 is 8.75. The van der Waals surface area contributed by atoms with Crippen molar-refractivity contribution in [2.75, 3.05) is 0 Å². The van der Waals surface area contributed by atoms with E-state index in [2.05, 4.69) is 61.6 Å². The summed E-state index contributed by atoms with van der Waals surface area (Å²) in [5.41, 5.74) is 3.62. The van der Waals surface area contributed by atoms with Gasteiger partial charge in [0.25, 0.3) is 0 Å². The van der Waals surface area contributed by atoms with Crippen LogP contribution in [-0.4, -0.2) is 17.9 Å². The predicted octanol–water partition coefficient (Wildman–Crippen LogP) is 6.06. The van der Waals surface area contributed by atoms with Crippen molar-refractivity contribution >= 4 is 19.4 Å². The molecule has 3 rings (SSSR count). The number of aromatic nitrogens is 2. The Morgan fingerprint density at radius 1 is 1.17 bits per heavy atom. The molecule has 24 heavy (non-hydrogen) atoms. The average molecular weight is 345 g/mol. The lowest BCUT2D eigenvalue weighted by Gasteiger charge is -2.36. The Bertz CT molecular complexity index is 693. The monoisotopic (exact) mass is 344 g/mol. The fourth-order valence-corrected chi connectivity index (χ4v) is 4.26. The summed E-state index contributed by atoms with van der Waals surface area (Å²) >= 11 is 0. The molecule has 1 saturated carbocycles. The number of rotatable bonds is 4. The van der Waals surface area contributed by atoms with Crippen molar-refractivity contribution in [3.8, 4) is 0 Å². The van der Waals surface area contributed by atoms with E-state index < -0.39 is 8.32 Å². The Kier molecular flexibility index (Phi) is 4.89. The van der Waals surface area contributed by atoms with Crippen molar-refractivity contribution in [2.45, 2.75) is 83.7 Å². The van der Waals surface area contributed by atoms with E-state index in [1.54, 1.807) is 0 Å². The molecule has 0 atom stereocenters. The van der Waals surface area contributed by atoms with Gasteiger partial charge in [0.15, 0.2) is 8.32 Å². The van der Waals surface area contributed by atoms with E-state index in [9.17, 15) is 0 Å². The molecule has 0 amide bonds. The van der Waals surface area contributed by atoms with Crippen LogP contribution in [-0.2, 0) is 11.0 Å². The minimum absolute atomic E-state index is 0.250. The zero-order chi connectivity index (χ0) is 17.4. The Hall–Kier alpha value is -1.13. The highest BCUT2D eigenvalue weighted by Gasteiger charge is 2.37. The van der Waals surface area contributed by atoms with Gasteiger partial charge in [-0.3, -0.25) is 0 Å². The van der Waals surface area contributed by atoms with Gasteiger partial charge >= 0.3 is 0 Å². The highest BCUT2D eigenvalue weighted by atomic mass is 28.4. The second-order valence-electron chi connectivity index (χ2n) is 8.82. The minimum Gasteiger partial charge on any atom is -0.413 e. The van der Waals surface area contributed by atoms with Crippen LogP contribution < -0.4 is 0 Å². The molecule has 0 radical (unpaired) electrons. The van der Waals surface area contributed by atoms with Crippen LogP contribution in [0, 0.1) is 0 Å². The van der Waals surface area contributed by atoms with Crippen LogP contribution >= 0.6 is 0 Å². The number of hydrogen-bond acceptors (Lipinski definition) is 2. The molecule has 1 aliphatic carbocycles. The minimum atomic E-state index is -1.70. The zero-order valence-electron chi connectivity index (χ0n) is 15.9. The summed E-state index contributed by atoms with van der Waals surface area (Å²) in [6, 6.07) is 7.30. The number of imidazole rings is 1. The Balaban J connectivity index is 1.75. The smallest absolute Gasteiger partial charge is 0.192 e. The summed E-state index contributed by atoms with van der Waals surface area (Å²) in [5, 5.41) is 0.250. The van der Waals surface area contributed by atoms with Crippen LogP contribution in [0.15, 0.2) is 24.5 Å². The Morgan fingerprint density at radius 3 is 2.54 bits per heavy atom. The van der Waals surface area contributed by atoms with Crippen LogP contribution in [0.1, 0.15) is 64.5 Å². The third-order valence-electron chi connectivity index (χ3n) is 6.01. The number of nitrogens with zero attached hydrogens (tertiary/aromatic N) is 2. The maximum atomic E-state index is 6.36. The van der Waals surface area contributed by atoms with E-state index >= 15 is 0 Å². The molecule has 1 aromatic heterocycles. The fourth-order valence-electron chi connectivity index (χ4n) is 3.30.